The number of hydrogen-bond donors (Lipinski definition) is 1. The van der Waals surface area contributed by atoms with Crippen LogP contribution in [0.1, 0.15) is 40.9 Å². The zero-order chi connectivity index (χ0) is 28.1. The summed E-state index contributed by atoms with van der Waals surface area (Å²) in [7, 11) is 1.68. The zero-order valence-corrected chi connectivity index (χ0v) is 22.9. The molecule has 2 atom stereocenters. The van der Waals surface area contributed by atoms with Crippen LogP contribution in [-0.4, -0.2) is 42.1 Å². The predicted molar refractivity (Wildman–Crippen MR) is 158 cm³/mol. The molecule has 0 radical (unpaired) electrons. The fraction of sp³-hybridized carbons (Fsp3) is 0.235. The van der Waals surface area contributed by atoms with Crippen LogP contribution in [0.5, 0.6) is 0 Å². The average molecular weight is 535 g/mol. The molecule has 1 aliphatic rings. The van der Waals surface area contributed by atoms with Crippen LogP contribution in [0.25, 0.3) is 10.8 Å². The van der Waals surface area contributed by atoms with Crippen LogP contribution in [-0.2, 0) is 16.1 Å². The summed E-state index contributed by atoms with van der Waals surface area (Å²) < 4.78 is 5.84. The van der Waals surface area contributed by atoms with Crippen molar-refractivity contribution >= 4 is 34.0 Å². The lowest BCUT2D eigenvalue weighted by Gasteiger charge is -2.23. The van der Waals surface area contributed by atoms with Gasteiger partial charge in [0.25, 0.3) is 5.91 Å². The molecule has 0 saturated carbocycles. The van der Waals surface area contributed by atoms with Crippen molar-refractivity contribution in [1.82, 2.24) is 4.90 Å². The van der Waals surface area contributed by atoms with Gasteiger partial charge in [-0.25, -0.2) is 0 Å². The van der Waals surface area contributed by atoms with Crippen molar-refractivity contribution in [1.29, 1.82) is 0 Å². The molecular weight excluding hydrogens is 500 g/mol. The van der Waals surface area contributed by atoms with Crippen LogP contribution in [0.3, 0.4) is 0 Å². The first-order valence-corrected chi connectivity index (χ1v) is 13.6. The van der Waals surface area contributed by atoms with E-state index in [4.69, 9.17) is 4.74 Å². The number of anilines is 2. The number of carbonyl (C=O) groups is 2. The van der Waals surface area contributed by atoms with Gasteiger partial charge in [-0.2, -0.15) is 0 Å². The number of aliphatic hydroxyl groups excluding tert-OH is 1. The average Bonchev–Trinajstić information content (AvgIpc) is 3.27. The van der Waals surface area contributed by atoms with E-state index in [0.29, 0.717) is 13.1 Å². The molecule has 0 spiro atoms. The van der Waals surface area contributed by atoms with Gasteiger partial charge in [0, 0.05) is 43.6 Å². The Morgan fingerprint density at radius 1 is 0.975 bits per heavy atom. The number of benzene rings is 4. The van der Waals surface area contributed by atoms with E-state index < -0.39 is 0 Å². The molecule has 6 nitrogen and oxygen atoms in total. The van der Waals surface area contributed by atoms with E-state index in [1.54, 1.807) is 16.9 Å². The van der Waals surface area contributed by atoms with Gasteiger partial charge < -0.3 is 14.7 Å². The van der Waals surface area contributed by atoms with Gasteiger partial charge >= 0.3 is 0 Å². The molecule has 6 heteroatoms. The third-order valence-electron chi connectivity index (χ3n) is 7.44. The van der Waals surface area contributed by atoms with Gasteiger partial charge in [-0.05, 0) is 40.8 Å². The smallest absolute Gasteiger partial charge is 0.263 e. The molecule has 1 N–H and O–H groups in total. The predicted octanol–water partition coefficient (Wildman–Crippen LogP) is 6.42. The van der Waals surface area contributed by atoms with Crippen LogP contribution >= 0.6 is 0 Å². The fourth-order valence-electron chi connectivity index (χ4n) is 5.47. The Balaban J connectivity index is 1.25. The number of ether oxygens (including phenoxy) is 1. The molecule has 0 saturated heterocycles. The SMILES string of the molecule is CO[C@H](c1ccc(N2C(=O)c3cccc4cccc2c34)cc1)[C@H](C)/C=C/CC(=O)N(CCO)Cc1ccccc1. The minimum Gasteiger partial charge on any atom is -0.395 e. The highest BCUT2D eigenvalue weighted by Crippen LogP contribution is 2.42. The van der Waals surface area contributed by atoms with Gasteiger partial charge in [0.1, 0.15) is 0 Å². The molecule has 2 amide bonds. The summed E-state index contributed by atoms with van der Waals surface area (Å²) >= 11 is 0. The normalized spacial score (nSPS) is 14.2. The van der Waals surface area contributed by atoms with Crippen LogP contribution in [0.4, 0.5) is 11.4 Å². The number of carbonyl (C=O) groups excluding carboxylic acids is 2. The van der Waals surface area contributed by atoms with Crippen molar-refractivity contribution in [2.45, 2.75) is 26.0 Å². The second-order valence-corrected chi connectivity index (χ2v) is 10.1. The third-order valence-corrected chi connectivity index (χ3v) is 7.44. The largest absolute Gasteiger partial charge is 0.395 e. The van der Waals surface area contributed by atoms with Gasteiger partial charge in [-0.1, -0.05) is 85.8 Å². The Morgan fingerprint density at radius 2 is 1.70 bits per heavy atom. The number of amides is 2. The van der Waals surface area contributed by atoms with E-state index in [0.717, 1.165) is 38.8 Å². The van der Waals surface area contributed by atoms with E-state index >= 15 is 0 Å². The minimum atomic E-state index is -0.215. The molecule has 0 unspecified atom stereocenters. The molecule has 0 aromatic heterocycles. The summed E-state index contributed by atoms with van der Waals surface area (Å²) in [6.07, 6.45) is 3.91. The Morgan fingerprint density at radius 3 is 2.40 bits per heavy atom. The maximum atomic E-state index is 13.3. The Labute approximate surface area is 235 Å². The maximum absolute atomic E-state index is 13.3. The highest BCUT2D eigenvalue weighted by Gasteiger charge is 2.31. The molecule has 204 valence electrons. The lowest BCUT2D eigenvalue weighted by Crippen LogP contribution is -2.32. The lowest BCUT2D eigenvalue weighted by molar-refractivity contribution is -0.131. The van der Waals surface area contributed by atoms with Gasteiger partial charge in [-0.15, -0.1) is 0 Å². The summed E-state index contributed by atoms with van der Waals surface area (Å²) in [5.74, 6) is -0.0484. The zero-order valence-electron chi connectivity index (χ0n) is 22.9. The second kappa shape index (κ2) is 12.3. The Bertz CT molecular complexity index is 1510. The van der Waals surface area contributed by atoms with Crippen molar-refractivity contribution in [3.8, 4) is 0 Å². The first kappa shape index (κ1) is 27.3. The second-order valence-electron chi connectivity index (χ2n) is 10.1. The van der Waals surface area contributed by atoms with Crippen molar-refractivity contribution < 1.29 is 19.4 Å². The summed E-state index contributed by atoms with van der Waals surface area (Å²) in [5, 5.41) is 11.5. The molecule has 1 aliphatic heterocycles. The van der Waals surface area contributed by atoms with Crippen molar-refractivity contribution in [2.75, 3.05) is 25.2 Å². The van der Waals surface area contributed by atoms with Crippen molar-refractivity contribution in [2.24, 2.45) is 5.92 Å². The number of aliphatic hydroxyl groups is 1. The molecule has 0 aliphatic carbocycles. The maximum Gasteiger partial charge on any atom is 0.263 e. The van der Waals surface area contributed by atoms with Crippen molar-refractivity contribution in [3.05, 3.63) is 120 Å². The summed E-state index contributed by atoms with van der Waals surface area (Å²) in [6, 6.07) is 29.5. The van der Waals surface area contributed by atoms with E-state index in [9.17, 15) is 14.7 Å². The molecule has 5 rings (SSSR count). The lowest BCUT2D eigenvalue weighted by atomic mass is 9.96. The summed E-state index contributed by atoms with van der Waals surface area (Å²) in [5.41, 5.74) is 4.45. The topological polar surface area (TPSA) is 70.1 Å². The summed E-state index contributed by atoms with van der Waals surface area (Å²) in [6.45, 7) is 2.74. The van der Waals surface area contributed by atoms with Gasteiger partial charge in [0.2, 0.25) is 5.91 Å². The van der Waals surface area contributed by atoms with Gasteiger partial charge in [0.05, 0.1) is 24.0 Å². The highest BCUT2D eigenvalue weighted by atomic mass is 16.5. The molecule has 1 heterocycles. The first-order valence-electron chi connectivity index (χ1n) is 13.6. The molecule has 0 bridgehead atoms. The Hall–Kier alpha value is -4.26. The van der Waals surface area contributed by atoms with E-state index in [2.05, 4.69) is 6.92 Å². The molecule has 0 fully saturated rings. The molecule has 4 aromatic rings. The first-order chi connectivity index (χ1) is 19.5. The molecular formula is C34H34N2O4. The number of nitrogens with zero attached hydrogens (tertiary/aromatic N) is 2. The van der Waals surface area contributed by atoms with E-state index in [1.807, 2.05) is 103 Å². The van der Waals surface area contributed by atoms with Crippen LogP contribution in [0, 0.1) is 5.92 Å². The third kappa shape index (κ3) is 5.55. The summed E-state index contributed by atoms with van der Waals surface area (Å²) in [4.78, 5) is 29.6. The molecule has 4 aromatic carbocycles. The quantitative estimate of drug-likeness (QED) is 0.225. The Kier molecular flexibility index (Phi) is 8.39. The highest BCUT2D eigenvalue weighted by molar-refractivity contribution is 6.27. The monoisotopic (exact) mass is 534 g/mol. The standard InChI is InChI=1S/C34H34N2O4/c1-24(9-6-16-31(38)35(21-22-37)23-25-10-4-3-5-11-25)33(40-2)27-17-19-28(20-18-27)36-30-15-8-13-26-12-7-14-29(32(26)30)34(36)39/h3-15,17-20,24,33,37H,16,21-23H2,1-2H3/b9-6+/t24-,33+/m1/s1. The minimum absolute atomic E-state index is 0.00971. The van der Waals surface area contributed by atoms with Gasteiger partial charge in [-0.3, -0.25) is 14.5 Å². The number of hydrogen-bond acceptors (Lipinski definition) is 4. The van der Waals surface area contributed by atoms with Crippen LogP contribution < -0.4 is 4.90 Å². The fourth-order valence-corrected chi connectivity index (χ4v) is 5.47. The number of methoxy groups -OCH3 is 1. The van der Waals surface area contributed by atoms with Crippen molar-refractivity contribution in [3.63, 3.8) is 0 Å². The van der Waals surface area contributed by atoms with Crippen LogP contribution in [0.15, 0.2) is 103 Å². The molecule has 40 heavy (non-hydrogen) atoms. The number of rotatable bonds is 11. The van der Waals surface area contributed by atoms with Crippen LogP contribution in [0.2, 0.25) is 0 Å². The van der Waals surface area contributed by atoms with E-state index in [1.165, 1.54) is 0 Å². The van der Waals surface area contributed by atoms with E-state index in [-0.39, 0.29) is 36.9 Å². The van der Waals surface area contributed by atoms with Gasteiger partial charge in [0.15, 0.2) is 0 Å².